The zero-order valence-electron chi connectivity index (χ0n) is 16.6. The summed E-state index contributed by atoms with van der Waals surface area (Å²) in [6.45, 7) is 9.45. The van der Waals surface area contributed by atoms with Crippen LogP contribution in [-0.2, 0) is 6.54 Å². The van der Waals surface area contributed by atoms with Crippen molar-refractivity contribution in [3.05, 3.63) is 53.9 Å². The van der Waals surface area contributed by atoms with Gasteiger partial charge >= 0.3 is 0 Å². The third-order valence-electron chi connectivity index (χ3n) is 5.28. The van der Waals surface area contributed by atoms with E-state index in [0.717, 1.165) is 59.8 Å². The van der Waals surface area contributed by atoms with Crippen molar-refractivity contribution in [3.8, 4) is 0 Å². The smallest absolute Gasteiger partial charge is 0.177 e. The van der Waals surface area contributed by atoms with E-state index in [4.69, 9.17) is 5.10 Å². The fraction of sp³-hybridized carbons (Fsp3) is 0.364. The van der Waals surface area contributed by atoms with Crippen molar-refractivity contribution >= 4 is 38.7 Å². The SMILES string of the molecule is CCN(CC)CCn1c2ccccc2c(=NNC2=NCCS2)c2ccccc21. The van der Waals surface area contributed by atoms with E-state index in [1.807, 2.05) is 0 Å². The second-order valence-corrected chi connectivity index (χ2v) is 7.90. The lowest BCUT2D eigenvalue weighted by Gasteiger charge is -2.21. The predicted molar refractivity (Wildman–Crippen MR) is 121 cm³/mol. The van der Waals surface area contributed by atoms with Crippen LogP contribution in [0.25, 0.3) is 21.8 Å². The van der Waals surface area contributed by atoms with E-state index in [1.54, 1.807) is 11.8 Å². The quantitative estimate of drug-likeness (QED) is 0.514. The summed E-state index contributed by atoms with van der Waals surface area (Å²) in [7, 11) is 0. The van der Waals surface area contributed by atoms with Crippen molar-refractivity contribution in [2.45, 2.75) is 20.4 Å². The van der Waals surface area contributed by atoms with Gasteiger partial charge in [-0.25, -0.2) is 0 Å². The first kappa shape index (κ1) is 19.0. The van der Waals surface area contributed by atoms with Crippen molar-refractivity contribution in [1.82, 2.24) is 14.9 Å². The maximum atomic E-state index is 4.79. The molecule has 1 aliphatic rings. The van der Waals surface area contributed by atoms with Crippen molar-refractivity contribution < 1.29 is 0 Å². The molecule has 2 aromatic carbocycles. The number of nitrogens with zero attached hydrogens (tertiary/aromatic N) is 4. The molecule has 0 saturated carbocycles. The Balaban J connectivity index is 1.88. The molecule has 2 heterocycles. The normalized spacial score (nSPS) is 14.0. The molecule has 0 amide bonds. The van der Waals surface area contributed by atoms with Gasteiger partial charge in [0.05, 0.1) is 17.6 Å². The summed E-state index contributed by atoms with van der Waals surface area (Å²) in [5, 5.41) is 9.01. The molecule has 146 valence electrons. The van der Waals surface area contributed by atoms with E-state index in [0.29, 0.717) is 0 Å². The number of rotatable bonds is 6. The van der Waals surface area contributed by atoms with Crippen LogP contribution in [-0.4, -0.2) is 46.6 Å². The highest BCUT2D eigenvalue weighted by molar-refractivity contribution is 8.14. The molecule has 1 aliphatic heterocycles. The number of hydrogen-bond acceptors (Lipinski definition) is 5. The van der Waals surface area contributed by atoms with E-state index >= 15 is 0 Å². The van der Waals surface area contributed by atoms with Crippen LogP contribution < -0.4 is 10.8 Å². The van der Waals surface area contributed by atoms with Gasteiger partial charge < -0.3 is 9.47 Å². The van der Waals surface area contributed by atoms with E-state index in [2.05, 4.69) is 82.3 Å². The molecule has 4 rings (SSSR count). The molecule has 0 saturated heterocycles. The van der Waals surface area contributed by atoms with Crippen molar-refractivity contribution in [3.63, 3.8) is 0 Å². The largest absolute Gasteiger partial charge is 0.339 e. The lowest BCUT2D eigenvalue weighted by molar-refractivity contribution is 0.293. The number of aromatic nitrogens is 1. The Bertz CT molecular complexity index is 1010. The minimum Gasteiger partial charge on any atom is -0.339 e. The number of thioether (sulfide) groups is 1. The molecule has 28 heavy (non-hydrogen) atoms. The molecule has 0 bridgehead atoms. The van der Waals surface area contributed by atoms with Crippen LogP contribution in [0, 0.1) is 0 Å². The predicted octanol–water partition coefficient (Wildman–Crippen LogP) is 3.64. The first-order valence-electron chi connectivity index (χ1n) is 10.0. The molecule has 5 nitrogen and oxygen atoms in total. The van der Waals surface area contributed by atoms with Crippen LogP contribution in [0.5, 0.6) is 0 Å². The molecule has 0 atom stereocenters. The van der Waals surface area contributed by atoms with Gasteiger partial charge in [-0.1, -0.05) is 62.0 Å². The number of likely N-dealkylation sites (N-methyl/N-ethyl adjacent to an activating group) is 1. The molecular formula is C22H27N5S. The van der Waals surface area contributed by atoms with Crippen molar-refractivity contribution in [2.24, 2.45) is 10.1 Å². The second kappa shape index (κ2) is 8.80. The highest BCUT2D eigenvalue weighted by Crippen LogP contribution is 2.19. The summed E-state index contributed by atoms with van der Waals surface area (Å²) in [5.41, 5.74) is 5.63. The number of nitrogens with one attached hydrogen (secondary N) is 1. The van der Waals surface area contributed by atoms with Gasteiger partial charge in [0.1, 0.15) is 5.36 Å². The number of para-hydroxylation sites is 2. The molecular weight excluding hydrogens is 366 g/mol. The summed E-state index contributed by atoms with van der Waals surface area (Å²) in [5.74, 6) is 1.03. The lowest BCUT2D eigenvalue weighted by atomic mass is 10.1. The van der Waals surface area contributed by atoms with Crippen LogP contribution >= 0.6 is 11.8 Å². The first-order chi connectivity index (χ1) is 13.8. The number of amidine groups is 1. The summed E-state index contributed by atoms with van der Waals surface area (Å²) < 4.78 is 2.43. The van der Waals surface area contributed by atoms with Gasteiger partial charge in [0, 0.05) is 29.6 Å². The third-order valence-corrected chi connectivity index (χ3v) is 6.16. The molecule has 1 N–H and O–H groups in total. The molecule has 0 unspecified atom stereocenters. The molecule has 0 fully saturated rings. The number of aliphatic imine (C=N–C) groups is 1. The molecule has 0 radical (unpaired) electrons. The van der Waals surface area contributed by atoms with Crippen LogP contribution in [0.4, 0.5) is 0 Å². The van der Waals surface area contributed by atoms with E-state index in [9.17, 15) is 0 Å². The topological polar surface area (TPSA) is 44.9 Å². The van der Waals surface area contributed by atoms with Gasteiger partial charge in [0.15, 0.2) is 5.17 Å². The first-order valence-corrected chi connectivity index (χ1v) is 11.0. The molecule has 0 spiro atoms. The number of hydrogen-bond donors (Lipinski definition) is 1. The van der Waals surface area contributed by atoms with Gasteiger partial charge in [-0.15, -0.1) is 0 Å². The van der Waals surface area contributed by atoms with Crippen LogP contribution in [0.15, 0.2) is 58.6 Å². The Morgan fingerprint density at radius 3 is 2.25 bits per heavy atom. The van der Waals surface area contributed by atoms with Crippen molar-refractivity contribution in [2.75, 3.05) is 31.9 Å². The van der Waals surface area contributed by atoms with E-state index in [1.165, 1.54) is 11.0 Å². The van der Waals surface area contributed by atoms with Crippen LogP contribution in [0.1, 0.15) is 13.8 Å². The standard InChI is InChI=1S/C22H27N5S/c1-3-26(4-2)14-15-27-19-11-7-5-9-17(19)21(18-10-6-8-12-20(18)27)24-25-22-23-13-16-28-22/h5-12H,3-4,13-16H2,1-2H3,(H,23,25). The Hall–Kier alpha value is -2.31. The Morgan fingerprint density at radius 2 is 1.68 bits per heavy atom. The zero-order valence-corrected chi connectivity index (χ0v) is 17.4. The maximum Gasteiger partial charge on any atom is 0.177 e. The molecule has 6 heteroatoms. The third kappa shape index (κ3) is 3.80. The highest BCUT2D eigenvalue weighted by Gasteiger charge is 2.11. The fourth-order valence-corrected chi connectivity index (χ4v) is 4.41. The minimum absolute atomic E-state index is 0.865. The second-order valence-electron chi connectivity index (χ2n) is 6.82. The summed E-state index contributed by atoms with van der Waals surface area (Å²) in [6, 6.07) is 17.1. The van der Waals surface area contributed by atoms with Crippen LogP contribution in [0.3, 0.4) is 0 Å². The summed E-state index contributed by atoms with van der Waals surface area (Å²) >= 11 is 1.73. The Morgan fingerprint density at radius 1 is 1.04 bits per heavy atom. The zero-order chi connectivity index (χ0) is 19.3. The van der Waals surface area contributed by atoms with Gasteiger partial charge in [-0.05, 0) is 25.2 Å². The van der Waals surface area contributed by atoms with Crippen LogP contribution in [0.2, 0.25) is 0 Å². The number of pyridine rings is 1. The summed E-state index contributed by atoms with van der Waals surface area (Å²) in [4.78, 5) is 6.92. The van der Waals surface area contributed by atoms with Crippen molar-refractivity contribution in [1.29, 1.82) is 0 Å². The fourth-order valence-electron chi connectivity index (χ4n) is 3.74. The Labute approximate surface area is 170 Å². The highest BCUT2D eigenvalue weighted by atomic mass is 32.2. The van der Waals surface area contributed by atoms with E-state index in [-0.39, 0.29) is 0 Å². The molecule has 0 aliphatic carbocycles. The van der Waals surface area contributed by atoms with Gasteiger partial charge in [-0.2, -0.15) is 5.10 Å². The average Bonchev–Trinajstić information content (AvgIpc) is 3.26. The molecule has 3 aromatic rings. The Kier molecular flexibility index (Phi) is 5.98. The average molecular weight is 394 g/mol. The monoisotopic (exact) mass is 393 g/mol. The van der Waals surface area contributed by atoms with Gasteiger partial charge in [-0.3, -0.25) is 10.4 Å². The minimum atomic E-state index is 0.865. The van der Waals surface area contributed by atoms with Gasteiger partial charge in [0.2, 0.25) is 0 Å². The lowest BCUT2D eigenvalue weighted by Crippen LogP contribution is -2.28. The molecule has 1 aromatic heterocycles. The van der Waals surface area contributed by atoms with E-state index < -0.39 is 0 Å². The number of benzene rings is 2. The summed E-state index contributed by atoms with van der Waals surface area (Å²) in [6.07, 6.45) is 0. The maximum absolute atomic E-state index is 4.79. The number of fused-ring (bicyclic) bond motifs is 2. The van der Waals surface area contributed by atoms with Gasteiger partial charge in [0.25, 0.3) is 0 Å².